The lowest BCUT2D eigenvalue weighted by Crippen LogP contribution is -2.31. The number of rotatable bonds is 4. The summed E-state index contributed by atoms with van der Waals surface area (Å²) in [6.07, 6.45) is 5.79. The van der Waals surface area contributed by atoms with Crippen molar-refractivity contribution in [3.8, 4) is 6.07 Å². The van der Waals surface area contributed by atoms with Gasteiger partial charge in [0.1, 0.15) is 0 Å². The largest absolute Gasteiger partial charge is 0.465 e. The van der Waals surface area contributed by atoms with Crippen LogP contribution in [0.15, 0.2) is 36.5 Å². The predicted octanol–water partition coefficient (Wildman–Crippen LogP) is 3.41. The molecule has 0 bridgehead atoms. The Bertz CT molecular complexity index is 788. The fraction of sp³-hybridized carbons (Fsp3) is 0.235. The van der Waals surface area contributed by atoms with Crippen molar-refractivity contribution in [2.75, 3.05) is 0 Å². The van der Waals surface area contributed by atoms with E-state index < -0.39 is 6.09 Å². The summed E-state index contributed by atoms with van der Waals surface area (Å²) in [7, 11) is 0. The quantitative estimate of drug-likeness (QED) is 0.876. The Morgan fingerprint density at radius 2 is 2.32 bits per heavy atom. The summed E-state index contributed by atoms with van der Waals surface area (Å²) >= 11 is 0. The zero-order chi connectivity index (χ0) is 15.5. The molecule has 1 N–H and O–H groups in total. The standard InChI is InChI=1S/C17H15N3O2/c18-7-1-3-12-9-13-4-2-8-19-16(13)14(10-12)11-20(17(21)22)15-5-6-15/h1-4,8-10,15H,5-6,11H2,(H,21,22)/b3-1+. The van der Waals surface area contributed by atoms with Crippen LogP contribution in [0, 0.1) is 11.3 Å². The number of nitrogens with zero attached hydrogens (tertiary/aromatic N) is 3. The van der Waals surface area contributed by atoms with Crippen LogP contribution in [0.25, 0.3) is 17.0 Å². The van der Waals surface area contributed by atoms with Crippen molar-refractivity contribution < 1.29 is 9.90 Å². The Morgan fingerprint density at radius 1 is 1.50 bits per heavy atom. The van der Waals surface area contributed by atoms with E-state index in [2.05, 4.69) is 4.98 Å². The van der Waals surface area contributed by atoms with Crippen LogP contribution >= 0.6 is 0 Å². The van der Waals surface area contributed by atoms with Gasteiger partial charge in [-0.3, -0.25) is 4.98 Å². The van der Waals surface area contributed by atoms with E-state index in [1.54, 1.807) is 12.3 Å². The SMILES string of the molecule is N#C/C=C/c1cc(CN(C(=O)O)C2CC2)c2ncccc2c1. The molecule has 2 aromatic rings. The van der Waals surface area contributed by atoms with Gasteiger partial charge in [-0.05, 0) is 48.2 Å². The Morgan fingerprint density at radius 3 is 3.00 bits per heavy atom. The van der Waals surface area contributed by atoms with Crippen LogP contribution in [0.4, 0.5) is 4.79 Å². The number of amides is 1. The van der Waals surface area contributed by atoms with Crippen LogP contribution in [-0.4, -0.2) is 27.1 Å². The molecule has 0 aliphatic heterocycles. The highest BCUT2D eigenvalue weighted by Gasteiger charge is 2.32. The highest BCUT2D eigenvalue weighted by atomic mass is 16.4. The average molecular weight is 293 g/mol. The molecule has 22 heavy (non-hydrogen) atoms. The van der Waals surface area contributed by atoms with Crippen LogP contribution in [0.3, 0.4) is 0 Å². The molecule has 1 aromatic carbocycles. The number of fused-ring (bicyclic) bond motifs is 1. The number of benzene rings is 1. The third-order valence-electron chi connectivity index (χ3n) is 3.73. The normalized spacial score (nSPS) is 14.1. The minimum absolute atomic E-state index is 0.120. The number of carboxylic acid groups (broad SMARTS) is 1. The minimum atomic E-state index is -0.899. The first-order valence-corrected chi connectivity index (χ1v) is 7.12. The first kappa shape index (κ1) is 14.1. The van der Waals surface area contributed by atoms with E-state index in [-0.39, 0.29) is 6.04 Å². The maximum absolute atomic E-state index is 11.4. The van der Waals surface area contributed by atoms with Crippen molar-refractivity contribution in [3.05, 3.63) is 47.7 Å². The number of hydrogen-bond donors (Lipinski definition) is 1. The van der Waals surface area contributed by atoms with Gasteiger partial charge < -0.3 is 10.0 Å². The molecule has 0 saturated heterocycles. The molecule has 0 unspecified atom stereocenters. The molecule has 0 atom stereocenters. The second-order valence-corrected chi connectivity index (χ2v) is 5.36. The predicted molar refractivity (Wildman–Crippen MR) is 83.0 cm³/mol. The first-order valence-electron chi connectivity index (χ1n) is 7.12. The van der Waals surface area contributed by atoms with Gasteiger partial charge in [0.25, 0.3) is 0 Å². The topological polar surface area (TPSA) is 77.2 Å². The molecule has 0 radical (unpaired) electrons. The molecule has 0 spiro atoms. The van der Waals surface area contributed by atoms with Gasteiger partial charge in [-0.1, -0.05) is 6.07 Å². The van der Waals surface area contributed by atoms with Crippen molar-refractivity contribution in [2.24, 2.45) is 0 Å². The molecular formula is C17H15N3O2. The van der Waals surface area contributed by atoms with Crippen LogP contribution in [0.1, 0.15) is 24.0 Å². The number of carbonyl (C=O) groups is 1. The fourth-order valence-corrected chi connectivity index (χ4v) is 2.57. The second kappa shape index (κ2) is 5.86. The van der Waals surface area contributed by atoms with Crippen LogP contribution in [0.2, 0.25) is 0 Å². The molecule has 1 aromatic heterocycles. The van der Waals surface area contributed by atoms with Gasteiger partial charge >= 0.3 is 6.09 Å². The van der Waals surface area contributed by atoms with E-state index in [0.29, 0.717) is 6.54 Å². The Balaban J connectivity index is 2.04. The van der Waals surface area contributed by atoms with E-state index in [1.807, 2.05) is 30.3 Å². The van der Waals surface area contributed by atoms with E-state index in [9.17, 15) is 9.90 Å². The summed E-state index contributed by atoms with van der Waals surface area (Å²) in [5.41, 5.74) is 2.55. The van der Waals surface area contributed by atoms with Crippen molar-refractivity contribution in [1.29, 1.82) is 5.26 Å². The lowest BCUT2D eigenvalue weighted by Gasteiger charge is -2.19. The second-order valence-electron chi connectivity index (χ2n) is 5.36. The van der Waals surface area contributed by atoms with Crippen molar-refractivity contribution in [1.82, 2.24) is 9.88 Å². The van der Waals surface area contributed by atoms with Crippen LogP contribution < -0.4 is 0 Å². The number of aromatic nitrogens is 1. The summed E-state index contributed by atoms with van der Waals surface area (Å²) in [4.78, 5) is 17.3. The third kappa shape index (κ3) is 2.91. The summed E-state index contributed by atoms with van der Waals surface area (Å²) in [5, 5.41) is 19.0. The average Bonchev–Trinajstić information content (AvgIpc) is 3.34. The van der Waals surface area contributed by atoms with E-state index in [1.165, 1.54) is 11.0 Å². The van der Waals surface area contributed by atoms with Gasteiger partial charge in [0, 0.05) is 23.7 Å². The molecule has 5 nitrogen and oxygen atoms in total. The van der Waals surface area contributed by atoms with Crippen molar-refractivity contribution in [3.63, 3.8) is 0 Å². The molecule has 1 amide bonds. The molecular weight excluding hydrogens is 278 g/mol. The Labute approximate surface area is 128 Å². The molecule has 1 heterocycles. The maximum atomic E-state index is 11.4. The molecule has 110 valence electrons. The number of pyridine rings is 1. The van der Waals surface area contributed by atoms with Gasteiger partial charge in [0.15, 0.2) is 0 Å². The van der Waals surface area contributed by atoms with Gasteiger partial charge in [0.05, 0.1) is 18.1 Å². The van der Waals surface area contributed by atoms with Crippen molar-refractivity contribution in [2.45, 2.75) is 25.4 Å². The number of hydrogen-bond acceptors (Lipinski definition) is 3. The fourth-order valence-electron chi connectivity index (χ4n) is 2.57. The molecule has 1 aliphatic rings. The van der Waals surface area contributed by atoms with Gasteiger partial charge in [-0.25, -0.2) is 4.79 Å². The van der Waals surface area contributed by atoms with Gasteiger partial charge in [-0.15, -0.1) is 0 Å². The molecule has 1 aliphatic carbocycles. The minimum Gasteiger partial charge on any atom is -0.465 e. The summed E-state index contributed by atoms with van der Waals surface area (Å²) in [6.45, 7) is 0.321. The van der Waals surface area contributed by atoms with Gasteiger partial charge in [0.2, 0.25) is 0 Å². The van der Waals surface area contributed by atoms with Gasteiger partial charge in [-0.2, -0.15) is 5.26 Å². The van der Waals surface area contributed by atoms with E-state index >= 15 is 0 Å². The van der Waals surface area contributed by atoms with Crippen LogP contribution in [-0.2, 0) is 6.54 Å². The highest BCUT2D eigenvalue weighted by Crippen LogP contribution is 2.30. The summed E-state index contributed by atoms with van der Waals surface area (Å²) in [6, 6.07) is 9.73. The molecule has 1 fully saturated rings. The van der Waals surface area contributed by atoms with Crippen LogP contribution in [0.5, 0.6) is 0 Å². The third-order valence-corrected chi connectivity index (χ3v) is 3.73. The summed E-state index contributed by atoms with van der Waals surface area (Å²) in [5.74, 6) is 0. The van der Waals surface area contributed by atoms with E-state index in [4.69, 9.17) is 5.26 Å². The number of nitriles is 1. The van der Waals surface area contributed by atoms with E-state index in [0.717, 1.165) is 34.9 Å². The monoisotopic (exact) mass is 293 g/mol. The maximum Gasteiger partial charge on any atom is 0.407 e. The molecule has 1 saturated carbocycles. The Kier molecular flexibility index (Phi) is 3.75. The zero-order valence-corrected chi connectivity index (χ0v) is 11.9. The molecule has 5 heteroatoms. The zero-order valence-electron chi connectivity index (χ0n) is 11.9. The lowest BCUT2D eigenvalue weighted by atomic mass is 10.0. The lowest BCUT2D eigenvalue weighted by molar-refractivity contribution is 0.139. The highest BCUT2D eigenvalue weighted by molar-refractivity contribution is 5.85. The molecule has 3 rings (SSSR count). The van der Waals surface area contributed by atoms with Crippen molar-refractivity contribution >= 4 is 23.1 Å². The first-order chi connectivity index (χ1) is 10.7. The smallest absolute Gasteiger partial charge is 0.407 e. The number of allylic oxidation sites excluding steroid dienone is 1. The summed E-state index contributed by atoms with van der Waals surface area (Å²) < 4.78 is 0. The Hall–Kier alpha value is -2.87.